The number of aromatic nitrogens is 1. The Morgan fingerprint density at radius 3 is 2.58 bits per heavy atom. The number of anilines is 1. The van der Waals surface area contributed by atoms with Crippen molar-refractivity contribution in [2.75, 3.05) is 31.5 Å². The van der Waals surface area contributed by atoms with Gasteiger partial charge in [-0.2, -0.15) is 0 Å². The fourth-order valence-electron chi connectivity index (χ4n) is 5.92. The quantitative estimate of drug-likeness (QED) is 0.302. The molecule has 3 aliphatic heterocycles. The van der Waals surface area contributed by atoms with Crippen LogP contribution in [0.4, 0.5) is 10.6 Å². The summed E-state index contributed by atoms with van der Waals surface area (Å²) in [5.74, 6) is 2.74. The molecule has 1 fully saturated rings. The zero-order valence-corrected chi connectivity index (χ0v) is 27.1. The SMILES string of the molecule is CC1=NC(NC[C@H](NC(=O)OCc2ccccc2)C(=O)OC(C)(C)C)C(C)=C(N2CCC(c3ccc4c(n3)NCCC4)CC2)N1. The number of fused-ring (bicyclic) bond motifs is 1. The fourth-order valence-corrected chi connectivity index (χ4v) is 5.92. The van der Waals surface area contributed by atoms with Crippen molar-refractivity contribution < 1.29 is 19.1 Å². The van der Waals surface area contributed by atoms with Gasteiger partial charge in [-0.05, 0) is 77.5 Å². The third-order valence-corrected chi connectivity index (χ3v) is 8.26. The van der Waals surface area contributed by atoms with Gasteiger partial charge < -0.3 is 30.3 Å². The number of benzene rings is 1. The van der Waals surface area contributed by atoms with Crippen LogP contribution in [0.1, 0.15) is 76.6 Å². The maximum Gasteiger partial charge on any atom is 0.408 e. The number of amidine groups is 1. The molecule has 11 nitrogen and oxygen atoms in total. The first-order valence-electron chi connectivity index (χ1n) is 16.0. The predicted octanol–water partition coefficient (Wildman–Crippen LogP) is 4.42. The zero-order chi connectivity index (χ0) is 32.0. The van der Waals surface area contributed by atoms with Gasteiger partial charge in [0.1, 0.15) is 41.9 Å². The summed E-state index contributed by atoms with van der Waals surface area (Å²) in [6.45, 7) is 12.4. The Kier molecular flexibility index (Phi) is 10.3. The molecule has 5 rings (SSSR count). The summed E-state index contributed by atoms with van der Waals surface area (Å²) in [5, 5.41) is 13.0. The van der Waals surface area contributed by atoms with Crippen LogP contribution < -0.4 is 21.3 Å². The molecule has 1 saturated heterocycles. The topological polar surface area (TPSA) is 129 Å². The first kappa shape index (κ1) is 32.3. The number of aliphatic imine (C=N–C) groups is 1. The lowest BCUT2D eigenvalue weighted by Crippen LogP contribution is -2.52. The second-order valence-electron chi connectivity index (χ2n) is 13.0. The van der Waals surface area contributed by atoms with Crippen molar-refractivity contribution in [3.63, 3.8) is 0 Å². The highest BCUT2D eigenvalue weighted by Crippen LogP contribution is 2.32. The van der Waals surface area contributed by atoms with Gasteiger partial charge in [0.25, 0.3) is 0 Å². The van der Waals surface area contributed by atoms with Crippen LogP contribution >= 0.6 is 0 Å². The summed E-state index contributed by atoms with van der Waals surface area (Å²) in [6.07, 6.45) is 3.20. The number of alkyl carbamates (subject to hydrolysis) is 1. The van der Waals surface area contributed by atoms with Crippen LogP contribution in [-0.4, -0.2) is 71.8 Å². The molecule has 11 heteroatoms. The number of carbonyl (C=O) groups excluding carboxylic acids is 2. The average molecular weight is 618 g/mol. The summed E-state index contributed by atoms with van der Waals surface area (Å²) in [7, 11) is 0. The highest BCUT2D eigenvalue weighted by Gasteiger charge is 2.31. The Morgan fingerprint density at radius 2 is 1.84 bits per heavy atom. The Balaban J connectivity index is 1.21. The zero-order valence-electron chi connectivity index (χ0n) is 27.1. The number of hydrogen-bond donors (Lipinski definition) is 4. The molecule has 0 aliphatic carbocycles. The first-order chi connectivity index (χ1) is 21.6. The van der Waals surface area contributed by atoms with Gasteiger partial charge in [-0.1, -0.05) is 36.4 Å². The molecule has 2 atom stereocenters. The lowest BCUT2D eigenvalue weighted by atomic mass is 9.92. The highest BCUT2D eigenvalue weighted by atomic mass is 16.6. The minimum Gasteiger partial charge on any atom is -0.458 e. The molecule has 1 unspecified atom stereocenters. The number of piperidine rings is 1. The van der Waals surface area contributed by atoms with Crippen LogP contribution in [0.5, 0.6) is 0 Å². The fraction of sp³-hybridized carbons (Fsp3) is 0.529. The van der Waals surface area contributed by atoms with E-state index < -0.39 is 23.7 Å². The van der Waals surface area contributed by atoms with Gasteiger partial charge in [0, 0.05) is 43.4 Å². The number of ether oxygens (including phenoxy) is 2. The molecule has 242 valence electrons. The molecule has 4 heterocycles. The van der Waals surface area contributed by atoms with Gasteiger partial charge in [-0.3, -0.25) is 5.32 Å². The molecular weight excluding hydrogens is 570 g/mol. The van der Waals surface area contributed by atoms with E-state index in [1.807, 2.05) is 44.2 Å². The molecule has 0 bridgehead atoms. The molecule has 1 aromatic carbocycles. The number of esters is 1. The molecule has 0 saturated carbocycles. The van der Waals surface area contributed by atoms with E-state index in [2.05, 4.69) is 38.3 Å². The van der Waals surface area contributed by atoms with Crippen molar-refractivity contribution >= 4 is 23.7 Å². The van der Waals surface area contributed by atoms with Gasteiger partial charge >= 0.3 is 12.1 Å². The number of aryl methyl sites for hydroxylation is 1. The second kappa shape index (κ2) is 14.3. The summed E-state index contributed by atoms with van der Waals surface area (Å²) in [6, 6.07) is 12.9. The van der Waals surface area contributed by atoms with Gasteiger partial charge in [-0.15, -0.1) is 0 Å². The third-order valence-electron chi connectivity index (χ3n) is 8.26. The lowest BCUT2D eigenvalue weighted by molar-refractivity contribution is -0.157. The maximum atomic E-state index is 13.1. The van der Waals surface area contributed by atoms with Gasteiger partial charge in [0.15, 0.2) is 0 Å². The van der Waals surface area contributed by atoms with E-state index in [9.17, 15) is 9.59 Å². The average Bonchev–Trinajstić information content (AvgIpc) is 3.02. The van der Waals surface area contributed by atoms with Crippen molar-refractivity contribution in [1.29, 1.82) is 0 Å². The van der Waals surface area contributed by atoms with Crippen molar-refractivity contribution in [3.05, 3.63) is 70.7 Å². The Labute approximate surface area is 266 Å². The molecule has 2 aromatic rings. The summed E-state index contributed by atoms with van der Waals surface area (Å²) < 4.78 is 11.0. The normalized spacial score (nSPS) is 19.4. The number of hydrogen-bond acceptors (Lipinski definition) is 10. The standard InChI is InChI=1S/C34H47N7O4/c1-22-29(36-20-28(32(42)45-34(3,4)5)40-33(43)44-21-24-10-7-6-8-11-24)37-23(2)38-31(22)41-18-15-25(16-19-41)27-14-13-26-12-9-17-35-30(26)39-27/h6-8,10-11,13-14,25,28-29,36H,9,12,15-21H2,1-5H3,(H,35,39)(H,37,38)(H,40,43)/t28-,29?/m0/s1. The van der Waals surface area contributed by atoms with E-state index in [1.165, 1.54) is 11.3 Å². The van der Waals surface area contributed by atoms with Crippen LogP contribution in [0.3, 0.4) is 0 Å². The molecule has 45 heavy (non-hydrogen) atoms. The molecular formula is C34H47N7O4. The molecule has 0 radical (unpaired) electrons. The maximum absolute atomic E-state index is 13.1. The molecule has 3 aliphatic rings. The highest BCUT2D eigenvalue weighted by molar-refractivity contribution is 5.83. The molecule has 0 spiro atoms. The van der Waals surface area contributed by atoms with Crippen molar-refractivity contribution in [3.8, 4) is 0 Å². The van der Waals surface area contributed by atoms with Crippen molar-refractivity contribution in [1.82, 2.24) is 25.8 Å². The van der Waals surface area contributed by atoms with E-state index in [4.69, 9.17) is 19.5 Å². The number of amides is 1. The lowest BCUT2D eigenvalue weighted by Gasteiger charge is -2.39. The van der Waals surface area contributed by atoms with Crippen LogP contribution in [-0.2, 0) is 27.3 Å². The van der Waals surface area contributed by atoms with E-state index in [0.29, 0.717) is 5.92 Å². The third kappa shape index (κ3) is 8.75. The Hall–Kier alpha value is -4.12. The van der Waals surface area contributed by atoms with Gasteiger partial charge in [0.2, 0.25) is 0 Å². The second-order valence-corrected chi connectivity index (χ2v) is 13.0. The molecule has 1 amide bonds. The number of likely N-dealkylation sites (tertiary alicyclic amines) is 1. The van der Waals surface area contributed by atoms with Gasteiger partial charge in [-0.25, -0.2) is 19.6 Å². The first-order valence-corrected chi connectivity index (χ1v) is 16.0. The van der Waals surface area contributed by atoms with Crippen LogP contribution in [0.15, 0.2) is 58.9 Å². The van der Waals surface area contributed by atoms with E-state index >= 15 is 0 Å². The van der Waals surface area contributed by atoms with E-state index in [1.54, 1.807) is 20.8 Å². The minimum atomic E-state index is -0.969. The Bertz CT molecular complexity index is 1410. The summed E-state index contributed by atoms with van der Waals surface area (Å²) in [4.78, 5) is 37.9. The number of rotatable bonds is 9. The largest absolute Gasteiger partial charge is 0.458 e. The summed E-state index contributed by atoms with van der Waals surface area (Å²) in [5.41, 5.74) is 3.65. The number of nitrogens with one attached hydrogen (secondary N) is 4. The van der Waals surface area contributed by atoms with E-state index in [0.717, 1.165) is 73.9 Å². The van der Waals surface area contributed by atoms with E-state index in [-0.39, 0.29) is 19.3 Å². The van der Waals surface area contributed by atoms with Crippen molar-refractivity contribution in [2.45, 2.75) is 90.6 Å². The number of pyridine rings is 1. The Morgan fingerprint density at radius 1 is 1.09 bits per heavy atom. The van der Waals surface area contributed by atoms with Crippen LogP contribution in [0, 0.1) is 0 Å². The van der Waals surface area contributed by atoms with Crippen LogP contribution in [0.2, 0.25) is 0 Å². The smallest absolute Gasteiger partial charge is 0.408 e. The summed E-state index contributed by atoms with van der Waals surface area (Å²) >= 11 is 0. The minimum absolute atomic E-state index is 0.0975. The number of nitrogens with zero attached hydrogens (tertiary/aromatic N) is 3. The van der Waals surface area contributed by atoms with Gasteiger partial charge in [0.05, 0.1) is 0 Å². The molecule has 4 N–H and O–H groups in total. The monoisotopic (exact) mass is 617 g/mol. The van der Waals surface area contributed by atoms with Crippen LogP contribution in [0.25, 0.3) is 0 Å². The number of carbonyl (C=O) groups is 2. The predicted molar refractivity (Wildman–Crippen MR) is 175 cm³/mol. The molecule has 1 aromatic heterocycles. The van der Waals surface area contributed by atoms with Crippen molar-refractivity contribution in [2.24, 2.45) is 4.99 Å².